The lowest BCUT2D eigenvalue weighted by Crippen LogP contribution is -2.63. The van der Waals surface area contributed by atoms with Gasteiger partial charge in [-0.3, -0.25) is 34.0 Å². The molecule has 3 saturated heterocycles. The minimum atomic E-state index is -1.17. The number of phenolic OH excluding ortho intramolecular Hbond substituents is 1. The van der Waals surface area contributed by atoms with Gasteiger partial charge < -0.3 is 39.6 Å². The largest absolute Gasteiger partial charge is 0.508 e. The van der Waals surface area contributed by atoms with E-state index in [1.807, 2.05) is 45.9 Å². The Kier molecular flexibility index (Phi) is 12.9. The molecule has 69 heavy (non-hydrogen) atoms. The van der Waals surface area contributed by atoms with Crippen LogP contribution in [-0.4, -0.2) is 129 Å². The fraction of sp³-hybridized carbons (Fsp3) is 0.547. The van der Waals surface area contributed by atoms with E-state index in [2.05, 4.69) is 59.6 Å². The van der Waals surface area contributed by atoms with Crippen LogP contribution < -0.4 is 16.1 Å². The quantitative estimate of drug-likeness (QED) is 0.121. The lowest BCUT2D eigenvalue weighted by Gasteiger charge is -2.38. The smallest absolute Gasteiger partial charge is 0.324 e. The lowest BCUT2D eigenvalue weighted by molar-refractivity contribution is -0.156. The molecule has 16 nitrogen and oxygen atoms in total. The summed E-state index contributed by atoms with van der Waals surface area (Å²) in [5.74, 6) is -2.26. The standard InChI is InChI=1S/C53H68N8O8/c1-10-59-43-16-15-33-25-37(43)38(46(59)36-13-11-18-54-44(36)31(5)68-9)26-52(6,7)28-69-50(66)40-14-12-19-61(57-40)49(65)41(23-32-21-34(33)24-35(62)22-32)56-47(63)45(29(2)3)58(8)51(67)53-30(4)39(53)17-20-60(53)48(64)42-27-55-42/h11,13,15-16,18,21-22,24-25,29-31,39-42,45,55,57,62H,10,12,14,17,19-20,23,26-28H2,1-9H3,(H,56,63)/t30-,31-,39?,40-,41-,42-,45-,53-/m0/s1. The molecule has 4 N–H and O–H groups in total. The second-order valence-corrected chi connectivity index (χ2v) is 21.1. The van der Waals surface area contributed by atoms with E-state index in [9.17, 15) is 29.1 Å². The molecule has 1 aliphatic carbocycles. The molecule has 4 aromatic rings. The molecule has 0 spiro atoms. The van der Waals surface area contributed by atoms with Crippen LogP contribution in [0.1, 0.15) is 90.7 Å². The van der Waals surface area contributed by atoms with Gasteiger partial charge >= 0.3 is 5.97 Å². The number of esters is 1. The van der Waals surface area contributed by atoms with Crippen LogP contribution in [0.25, 0.3) is 33.3 Å². The van der Waals surface area contributed by atoms with Crippen molar-refractivity contribution in [3.63, 3.8) is 0 Å². The number of benzene rings is 2. The Morgan fingerprint density at radius 2 is 1.83 bits per heavy atom. The molecule has 8 atom stereocenters. The summed E-state index contributed by atoms with van der Waals surface area (Å²) < 4.78 is 14.2. The molecular formula is C53H68N8O8. The van der Waals surface area contributed by atoms with E-state index in [0.717, 1.165) is 51.0 Å². The summed E-state index contributed by atoms with van der Waals surface area (Å²) in [6, 6.07) is 12.2. The van der Waals surface area contributed by atoms with Crippen molar-refractivity contribution < 1.29 is 38.6 Å². The van der Waals surface area contributed by atoms with Crippen LogP contribution in [0.15, 0.2) is 54.7 Å². The number of hydrogen-bond acceptors (Lipinski definition) is 11. The maximum atomic E-state index is 14.9. The molecule has 2 aromatic carbocycles. The predicted molar refractivity (Wildman–Crippen MR) is 260 cm³/mol. The average Bonchev–Trinajstić information content (AvgIpc) is 4.21. The van der Waals surface area contributed by atoms with E-state index in [4.69, 9.17) is 14.5 Å². The number of pyridine rings is 1. The van der Waals surface area contributed by atoms with Crippen molar-refractivity contribution in [2.45, 2.75) is 123 Å². The van der Waals surface area contributed by atoms with Crippen LogP contribution in [0.4, 0.5) is 0 Å². The third-order valence-electron chi connectivity index (χ3n) is 15.5. The summed E-state index contributed by atoms with van der Waals surface area (Å²) in [6.07, 6.45) is 3.69. The molecule has 2 aromatic heterocycles. The van der Waals surface area contributed by atoms with Gasteiger partial charge in [0.05, 0.1) is 30.1 Å². The summed E-state index contributed by atoms with van der Waals surface area (Å²) in [4.78, 5) is 79.9. The number of carbonyl (C=O) groups is 5. The number of aromatic hydroxyl groups is 1. The van der Waals surface area contributed by atoms with Gasteiger partial charge in [-0.25, -0.2) is 5.43 Å². The van der Waals surface area contributed by atoms with E-state index in [1.165, 1.54) is 9.91 Å². The molecule has 1 saturated carbocycles. The number of nitrogens with zero attached hydrogens (tertiary/aromatic N) is 5. The molecule has 368 valence electrons. The zero-order valence-corrected chi connectivity index (χ0v) is 41.4. The number of ether oxygens (including phenoxy) is 2. The van der Waals surface area contributed by atoms with E-state index in [-0.39, 0.29) is 67.0 Å². The molecule has 6 heterocycles. The highest BCUT2D eigenvalue weighted by Crippen LogP contribution is 2.62. The van der Waals surface area contributed by atoms with Gasteiger partial charge in [0.25, 0.3) is 5.91 Å². The van der Waals surface area contributed by atoms with Crippen molar-refractivity contribution in [3.8, 4) is 28.1 Å². The number of nitrogens with one attached hydrogen (secondary N) is 3. The first-order valence-electron chi connectivity index (χ1n) is 24.7. The highest BCUT2D eigenvalue weighted by atomic mass is 16.5. The van der Waals surface area contributed by atoms with E-state index < -0.39 is 46.9 Å². The number of likely N-dealkylation sites (N-methyl/N-ethyl adjacent to an activating group) is 1. The number of piperidine rings is 1. The zero-order valence-electron chi connectivity index (χ0n) is 41.4. The van der Waals surface area contributed by atoms with Gasteiger partial charge in [-0.1, -0.05) is 46.8 Å². The second kappa shape index (κ2) is 18.5. The van der Waals surface area contributed by atoms with Crippen molar-refractivity contribution >= 4 is 40.5 Å². The highest BCUT2D eigenvalue weighted by molar-refractivity contribution is 6.01. The molecular weight excluding hydrogens is 877 g/mol. The average molecular weight is 945 g/mol. The summed E-state index contributed by atoms with van der Waals surface area (Å²) in [5.41, 5.74) is 8.56. The van der Waals surface area contributed by atoms with Gasteiger partial charge in [-0.05, 0) is 116 Å². The molecule has 5 aliphatic rings. The Morgan fingerprint density at radius 3 is 2.52 bits per heavy atom. The van der Waals surface area contributed by atoms with Crippen molar-refractivity contribution in [1.82, 2.24) is 40.4 Å². The van der Waals surface area contributed by atoms with Gasteiger partial charge in [0.15, 0.2) is 0 Å². The number of phenols is 1. The number of aromatic nitrogens is 2. The Hall–Kier alpha value is -5.84. The molecule has 4 amide bonds. The second-order valence-electron chi connectivity index (χ2n) is 21.1. The summed E-state index contributed by atoms with van der Waals surface area (Å²) >= 11 is 0. The third kappa shape index (κ3) is 8.66. The molecule has 1 unspecified atom stereocenters. The van der Waals surface area contributed by atoms with Crippen molar-refractivity contribution in [1.29, 1.82) is 0 Å². The maximum Gasteiger partial charge on any atom is 0.324 e. The van der Waals surface area contributed by atoms with Crippen LogP contribution in [0, 0.1) is 23.2 Å². The molecule has 6 bridgehead atoms. The molecule has 9 rings (SSSR count). The number of amides is 4. The number of hydrogen-bond donors (Lipinski definition) is 4. The lowest BCUT2D eigenvalue weighted by atomic mass is 9.84. The van der Waals surface area contributed by atoms with Crippen LogP contribution in [0.5, 0.6) is 5.75 Å². The first kappa shape index (κ1) is 48.2. The van der Waals surface area contributed by atoms with Gasteiger partial charge in [0, 0.05) is 74.8 Å². The zero-order chi connectivity index (χ0) is 49.3. The fourth-order valence-corrected chi connectivity index (χ4v) is 11.8. The fourth-order valence-electron chi connectivity index (χ4n) is 11.8. The van der Waals surface area contributed by atoms with Crippen LogP contribution in [-0.2, 0) is 52.8 Å². The Labute approximate surface area is 404 Å². The highest BCUT2D eigenvalue weighted by Gasteiger charge is 2.75. The summed E-state index contributed by atoms with van der Waals surface area (Å²) in [7, 11) is 3.29. The molecule has 4 fully saturated rings. The van der Waals surface area contributed by atoms with Crippen LogP contribution in [0.3, 0.4) is 0 Å². The van der Waals surface area contributed by atoms with Gasteiger partial charge in [-0.15, -0.1) is 0 Å². The summed E-state index contributed by atoms with van der Waals surface area (Å²) in [6.45, 7) is 16.1. The van der Waals surface area contributed by atoms with Crippen LogP contribution >= 0.6 is 0 Å². The first-order chi connectivity index (χ1) is 32.9. The number of likely N-dealkylation sites (tertiary alicyclic amines) is 1. The first-order valence-corrected chi connectivity index (χ1v) is 24.7. The number of methoxy groups -OCH3 is 1. The molecule has 16 heteroatoms. The van der Waals surface area contributed by atoms with Crippen molar-refractivity contribution in [2.24, 2.45) is 23.2 Å². The normalized spacial score (nSPS) is 26.2. The number of aryl methyl sites for hydroxylation is 1. The van der Waals surface area contributed by atoms with E-state index in [1.54, 1.807) is 37.4 Å². The van der Waals surface area contributed by atoms with Gasteiger partial charge in [0.1, 0.15) is 29.4 Å². The Bertz CT molecular complexity index is 2690. The van der Waals surface area contributed by atoms with E-state index >= 15 is 0 Å². The topological polar surface area (TPSA) is 198 Å². The number of carbonyl (C=O) groups excluding carboxylic acids is 5. The van der Waals surface area contributed by atoms with Gasteiger partial charge in [0.2, 0.25) is 17.7 Å². The summed E-state index contributed by atoms with van der Waals surface area (Å²) in [5, 5.41) is 19.9. The number of rotatable bonds is 10. The number of hydrazine groups is 1. The minimum Gasteiger partial charge on any atom is -0.508 e. The third-order valence-corrected chi connectivity index (χ3v) is 15.5. The minimum absolute atomic E-state index is 0.00449. The van der Waals surface area contributed by atoms with Crippen molar-refractivity contribution in [3.05, 3.63) is 71.5 Å². The SMILES string of the molecule is CCn1c(-c2cccnc2[C@H](C)OC)c2c3cc(ccc31)-c1cc(O)cc(c1)C[C@H](NC(=O)[C@H](C(C)C)N(C)C(=O)[C@]13C(CCN1C(=O)[C@@H]1CN1)[C@@H]3C)C(=O)N1CCC[C@H](N1)C(=O)OCC(C)(C)C2. The number of cyclic esters (lactones) is 1. The molecule has 4 aliphatic heterocycles. The molecule has 0 radical (unpaired) electrons. The monoisotopic (exact) mass is 945 g/mol. The Balaban J connectivity index is 1.11. The van der Waals surface area contributed by atoms with Gasteiger partial charge in [-0.2, -0.15) is 0 Å². The maximum absolute atomic E-state index is 14.9. The van der Waals surface area contributed by atoms with Crippen LogP contribution in [0.2, 0.25) is 0 Å². The van der Waals surface area contributed by atoms with Crippen molar-refractivity contribution in [2.75, 3.05) is 40.4 Å². The number of fused-ring (bicyclic) bond motifs is 7. The Morgan fingerprint density at radius 1 is 1.06 bits per heavy atom. The van der Waals surface area contributed by atoms with E-state index in [0.29, 0.717) is 44.5 Å². The predicted octanol–water partition coefficient (Wildman–Crippen LogP) is 5.14.